The Labute approximate surface area is 341 Å². The largest absolute Gasteiger partial charge is 0.472 e. The molecule has 0 aliphatic rings. The van der Waals surface area contributed by atoms with E-state index >= 15 is 0 Å². The topological polar surface area (TPSA) is 132 Å². The average Bonchev–Trinajstić information content (AvgIpc) is 3.19. The number of aliphatic hydroxyl groups excluding tert-OH is 2. The van der Waals surface area contributed by atoms with E-state index in [0.717, 1.165) is 109 Å². The smallest absolute Gasteiger partial charge is 0.457 e. The number of phosphoric acid groups is 1. The fourth-order valence-corrected chi connectivity index (χ4v) is 6.15. The predicted molar refractivity (Wildman–Crippen MR) is 232 cm³/mol. The molecule has 0 bridgehead atoms. The minimum Gasteiger partial charge on any atom is -0.457 e. The van der Waals surface area contributed by atoms with E-state index in [1.165, 1.54) is 19.3 Å². The molecular weight excluding hydrogens is 727 g/mol. The van der Waals surface area contributed by atoms with Crippen LogP contribution >= 0.6 is 7.82 Å². The molecule has 0 heterocycles. The molecule has 0 aromatic carbocycles. The van der Waals surface area contributed by atoms with E-state index in [2.05, 4.69) is 98.9 Å². The predicted octanol–water partition coefficient (Wildman–Crippen LogP) is 11.9. The SMILES string of the molecule is CC/C=C\C/C=C\C/C=C\C/C=C\CCCCCCCCC(=O)OC(COCCCCCCCC/C=C\C/C=C\C/C=C\CC)COP(=O)(O)OCC(O)CO. The van der Waals surface area contributed by atoms with Crippen LogP contribution in [0.15, 0.2) is 85.1 Å². The summed E-state index contributed by atoms with van der Waals surface area (Å²) in [5, 5.41) is 18.3. The quantitative estimate of drug-likeness (QED) is 0.0240. The third-order valence-electron chi connectivity index (χ3n) is 8.58. The monoisotopic (exact) mass is 807 g/mol. The fourth-order valence-electron chi connectivity index (χ4n) is 5.36. The van der Waals surface area contributed by atoms with E-state index in [1.807, 2.05) is 0 Å². The van der Waals surface area contributed by atoms with Crippen molar-refractivity contribution < 1.29 is 43.0 Å². The van der Waals surface area contributed by atoms with Crippen LogP contribution in [0.2, 0.25) is 0 Å². The van der Waals surface area contributed by atoms with E-state index in [0.29, 0.717) is 13.0 Å². The van der Waals surface area contributed by atoms with Gasteiger partial charge >= 0.3 is 13.8 Å². The zero-order valence-electron chi connectivity index (χ0n) is 35.1. The van der Waals surface area contributed by atoms with Crippen molar-refractivity contribution in [1.29, 1.82) is 0 Å². The Hall–Kier alpha value is -2.36. The van der Waals surface area contributed by atoms with Crippen LogP contribution in [0.25, 0.3) is 0 Å². The van der Waals surface area contributed by atoms with Gasteiger partial charge in [0.15, 0.2) is 0 Å². The van der Waals surface area contributed by atoms with Gasteiger partial charge in [0, 0.05) is 13.0 Å². The number of unbranched alkanes of at least 4 members (excludes halogenated alkanes) is 12. The zero-order valence-corrected chi connectivity index (χ0v) is 36.0. The molecule has 0 radical (unpaired) electrons. The van der Waals surface area contributed by atoms with Gasteiger partial charge < -0.3 is 24.6 Å². The Bertz CT molecular complexity index is 1140. The first-order valence-corrected chi connectivity index (χ1v) is 23.1. The lowest BCUT2D eigenvalue weighted by Gasteiger charge is -2.20. The molecule has 9 nitrogen and oxygen atoms in total. The summed E-state index contributed by atoms with van der Waals surface area (Å²) in [4.78, 5) is 22.6. The zero-order chi connectivity index (χ0) is 41.1. The van der Waals surface area contributed by atoms with Crippen LogP contribution in [-0.4, -0.2) is 66.3 Å². The van der Waals surface area contributed by atoms with Crippen molar-refractivity contribution in [3.8, 4) is 0 Å². The molecule has 3 N–H and O–H groups in total. The standard InChI is InChI=1S/C46H79O9P/c1-3-5-7-9-11-13-15-17-19-21-22-23-24-26-28-30-32-34-36-38-46(49)55-45(43-54-56(50,51)53-41-44(48)40-47)42-52-39-37-35-33-31-29-27-25-20-18-16-14-12-10-8-6-4-2/h5-8,11-14,17-20,22-23,44-45,47-48H,3-4,9-10,15-16,21,24-43H2,1-2H3,(H,50,51)/b7-5-,8-6-,13-11-,14-12-,19-17-,20-18-,23-22-. The second-order valence-corrected chi connectivity index (χ2v) is 15.4. The number of phosphoric ester groups is 1. The molecule has 0 aromatic rings. The van der Waals surface area contributed by atoms with Crippen LogP contribution in [0.5, 0.6) is 0 Å². The summed E-state index contributed by atoms with van der Waals surface area (Å²) in [5.41, 5.74) is 0. The van der Waals surface area contributed by atoms with Crippen molar-refractivity contribution in [2.75, 3.05) is 33.0 Å². The summed E-state index contributed by atoms with van der Waals surface area (Å²) < 4.78 is 33.3. The highest BCUT2D eigenvalue weighted by Gasteiger charge is 2.26. The van der Waals surface area contributed by atoms with Crippen molar-refractivity contribution in [3.05, 3.63) is 85.1 Å². The molecule has 0 rings (SSSR count). The fraction of sp³-hybridized carbons (Fsp3) is 0.674. The number of allylic oxidation sites excluding steroid dienone is 14. The highest BCUT2D eigenvalue weighted by molar-refractivity contribution is 7.47. The third-order valence-corrected chi connectivity index (χ3v) is 9.53. The van der Waals surface area contributed by atoms with Gasteiger partial charge in [0.05, 0.1) is 26.4 Å². The molecule has 0 saturated heterocycles. The molecular formula is C46H79O9P. The van der Waals surface area contributed by atoms with E-state index in [4.69, 9.17) is 23.6 Å². The summed E-state index contributed by atoms with van der Waals surface area (Å²) in [6.07, 6.45) is 51.1. The Kier molecular flexibility index (Phi) is 40.5. The molecule has 0 amide bonds. The number of rotatable bonds is 40. The normalized spacial score (nSPS) is 14.9. The van der Waals surface area contributed by atoms with Gasteiger partial charge in [0.2, 0.25) is 0 Å². The van der Waals surface area contributed by atoms with Gasteiger partial charge in [-0.05, 0) is 83.5 Å². The van der Waals surface area contributed by atoms with Crippen LogP contribution in [0, 0.1) is 0 Å². The van der Waals surface area contributed by atoms with Gasteiger partial charge in [0.25, 0.3) is 0 Å². The Morgan fingerprint density at radius 2 is 0.964 bits per heavy atom. The first-order chi connectivity index (χ1) is 27.3. The number of aliphatic hydroxyl groups is 2. The Morgan fingerprint density at radius 1 is 0.554 bits per heavy atom. The summed E-state index contributed by atoms with van der Waals surface area (Å²) in [6.45, 7) is 3.22. The molecule has 56 heavy (non-hydrogen) atoms. The van der Waals surface area contributed by atoms with Crippen LogP contribution in [-0.2, 0) is 27.9 Å². The molecule has 0 spiro atoms. The van der Waals surface area contributed by atoms with Crippen molar-refractivity contribution in [1.82, 2.24) is 0 Å². The second kappa shape index (κ2) is 42.3. The maximum atomic E-state index is 12.6. The summed E-state index contributed by atoms with van der Waals surface area (Å²) in [6, 6.07) is 0. The highest BCUT2D eigenvalue weighted by Crippen LogP contribution is 2.43. The maximum absolute atomic E-state index is 12.6. The van der Waals surface area contributed by atoms with Gasteiger partial charge in [-0.2, -0.15) is 0 Å². The van der Waals surface area contributed by atoms with Gasteiger partial charge in [-0.1, -0.05) is 150 Å². The number of hydrogen-bond donors (Lipinski definition) is 3. The lowest BCUT2D eigenvalue weighted by atomic mass is 10.1. The molecule has 0 fully saturated rings. The van der Waals surface area contributed by atoms with Crippen LogP contribution < -0.4 is 0 Å². The van der Waals surface area contributed by atoms with Crippen LogP contribution in [0.4, 0.5) is 0 Å². The van der Waals surface area contributed by atoms with E-state index in [-0.39, 0.29) is 13.0 Å². The second-order valence-electron chi connectivity index (χ2n) is 13.9. The van der Waals surface area contributed by atoms with Gasteiger partial charge in [-0.3, -0.25) is 13.8 Å². The number of hydrogen-bond acceptors (Lipinski definition) is 8. The lowest BCUT2D eigenvalue weighted by Crippen LogP contribution is -2.29. The lowest BCUT2D eigenvalue weighted by molar-refractivity contribution is -0.154. The first kappa shape index (κ1) is 53.6. The van der Waals surface area contributed by atoms with Crippen molar-refractivity contribution in [2.45, 2.75) is 167 Å². The molecule has 0 saturated carbocycles. The molecule has 0 aromatic heterocycles. The molecule has 322 valence electrons. The Balaban J connectivity index is 4.24. The van der Waals surface area contributed by atoms with Gasteiger partial charge in [0.1, 0.15) is 12.2 Å². The number of esters is 1. The molecule has 0 aliphatic heterocycles. The van der Waals surface area contributed by atoms with E-state index in [1.54, 1.807) is 0 Å². The van der Waals surface area contributed by atoms with E-state index < -0.39 is 45.8 Å². The summed E-state index contributed by atoms with van der Waals surface area (Å²) >= 11 is 0. The number of carbonyl (C=O) groups is 1. The van der Waals surface area contributed by atoms with Gasteiger partial charge in [-0.15, -0.1) is 0 Å². The summed E-state index contributed by atoms with van der Waals surface area (Å²) in [5.74, 6) is -0.405. The van der Waals surface area contributed by atoms with Crippen LogP contribution in [0.3, 0.4) is 0 Å². The molecule has 3 atom stereocenters. The number of carbonyl (C=O) groups excluding carboxylic acids is 1. The highest BCUT2D eigenvalue weighted by atomic mass is 31.2. The molecule has 3 unspecified atom stereocenters. The molecule has 10 heteroatoms. The minimum atomic E-state index is -4.53. The van der Waals surface area contributed by atoms with Crippen molar-refractivity contribution >= 4 is 13.8 Å². The average molecular weight is 807 g/mol. The van der Waals surface area contributed by atoms with Crippen molar-refractivity contribution in [2.24, 2.45) is 0 Å². The van der Waals surface area contributed by atoms with E-state index in [9.17, 15) is 19.4 Å². The summed E-state index contributed by atoms with van der Waals surface area (Å²) in [7, 11) is -4.53. The van der Waals surface area contributed by atoms with Crippen molar-refractivity contribution in [3.63, 3.8) is 0 Å². The minimum absolute atomic E-state index is 0.0290. The van der Waals surface area contributed by atoms with Crippen LogP contribution in [0.1, 0.15) is 155 Å². The third kappa shape index (κ3) is 41.3. The maximum Gasteiger partial charge on any atom is 0.472 e. The Morgan fingerprint density at radius 3 is 1.45 bits per heavy atom. The van der Waals surface area contributed by atoms with Gasteiger partial charge in [-0.25, -0.2) is 4.57 Å². The number of ether oxygens (including phenoxy) is 2. The first-order valence-electron chi connectivity index (χ1n) is 21.6. The molecule has 0 aliphatic carbocycles.